The van der Waals surface area contributed by atoms with Crippen LogP contribution in [0.5, 0.6) is 11.5 Å². The molecule has 0 radical (unpaired) electrons. The lowest BCUT2D eigenvalue weighted by Gasteiger charge is -2.25. The number of carbonyl (C=O) groups is 2. The van der Waals surface area contributed by atoms with Crippen molar-refractivity contribution in [2.75, 3.05) is 17.2 Å². The maximum atomic E-state index is 12.4. The van der Waals surface area contributed by atoms with Gasteiger partial charge < -0.3 is 20.1 Å². The fourth-order valence-electron chi connectivity index (χ4n) is 2.44. The molecule has 0 bridgehead atoms. The van der Waals surface area contributed by atoms with Crippen LogP contribution in [0, 0.1) is 6.92 Å². The summed E-state index contributed by atoms with van der Waals surface area (Å²) in [6.07, 6.45) is -0.713. The SMILES string of the molecule is CC(=O)Nc1ccc(NC(=O)[C@H]2COc3ccccc3O2)cc1C. The molecule has 0 fully saturated rings. The van der Waals surface area contributed by atoms with Gasteiger partial charge in [0.05, 0.1) is 0 Å². The second-order valence-electron chi connectivity index (χ2n) is 5.56. The van der Waals surface area contributed by atoms with Crippen molar-refractivity contribution in [2.45, 2.75) is 20.0 Å². The predicted octanol–water partition coefficient (Wildman–Crippen LogP) is 2.73. The van der Waals surface area contributed by atoms with Crippen LogP contribution >= 0.6 is 0 Å². The van der Waals surface area contributed by atoms with E-state index in [0.717, 1.165) is 5.56 Å². The zero-order valence-electron chi connectivity index (χ0n) is 13.5. The Hall–Kier alpha value is -3.02. The van der Waals surface area contributed by atoms with Crippen LogP contribution in [0.25, 0.3) is 0 Å². The lowest BCUT2D eigenvalue weighted by atomic mass is 10.1. The first-order chi connectivity index (χ1) is 11.5. The molecule has 24 heavy (non-hydrogen) atoms. The number of para-hydroxylation sites is 2. The molecule has 0 saturated heterocycles. The smallest absolute Gasteiger partial charge is 0.269 e. The Morgan fingerprint density at radius 2 is 1.83 bits per heavy atom. The molecular formula is C18H18N2O4. The summed E-state index contributed by atoms with van der Waals surface area (Å²) in [5, 5.41) is 5.54. The molecule has 6 heteroatoms. The number of hydrogen-bond acceptors (Lipinski definition) is 4. The van der Waals surface area contributed by atoms with Crippen LogP contribution in [-0.4, -0.2) is 24.5 Å². The lowest BCUT2D eigenvalue weighted by Crippen LogP contribution is -2.40. The molecule has 0 aliphatic carbocycles. The Morgan fingerprint density at radius 3 is 2.54 bits per heavy atom. The lowest BCUT2D eigenvalue weighted by molar-refractivity contribution is -0.125. The van der Waals surface area contributed by atoms with Crippen LogP contribution in [0.15, 0.2) is 42.5 Å². The molecule has 1 aliphatic heterocycles. The number of amides is 2. The van der Waals surface area contributed by atoms with E-state index in [1.54, 1.807) is 30.3 Å². The van der Waals surface area contributed by atoms with Crippen molar-refractivity contribution >= 4 is 23.2 Å². The van der Waals surface area contributed by atoms with Gasteiger partial charge in [0, 0.05) is 18.3 Å². The minimum Gasteiger partial charge on any atom is -0.485 e. The van der Waals surface area contributed by atoms with E-state index in [1.807, 2.05) is 19.1 Å². The maximum Gasteiger partial charge on any atom is 0.269 e. The van der Waals surface area contributed by atoms with Crippen LogP contribution in [0.2, 0.25) is 0 Å². The number of ether oxygens (including phenoxy) is 2. The molecule has 0 spiro atoms. The molecular weight excluding hydrogens is 308 g/mol. The summed E-state index contributed by atoms with van der Waals surface area (Å²) < 4.78 is 11.2. The van der Waals surface area contributed by atoms with Crippen molar-refractivity contribution in [3.8, 4) is 11.5 Å². The number of anilines is 2. The second kappa shape index (κ2) is 6.62. The van der Waals surface area contributed by atoms with E-state index < -0.39 is 6.10 Å². The summed E-state index contributed by atoms with van der Waals surface area (Å²) in [6, 6.07) is 12.5. The molecule has 1 atom stereocenters. The molecule has 6 nitrogen and oxygen atoms in total. The highest BCUT2D eigenvalue weighted by atomic mass is 16.6. The van der Waals surface area contributed by atoms with Gasteiger partial charge in [-0.15, -0.1) is 0 Å². The van der Waals surface area contributed by atoms with Crippen molar-refractivity contribution in [2.24, 2.45) is 0 Å². The maximum absolute atomic E-state index is 12.4. The zero-order chi connectivity index (χ0) is 17.1. The van der Waals surface area contributed by atoms with Gasteiger partial charge in [-0.05, 0) is 42.8 Å². The summed E-state index contributed by atoms with van der Waals surface area (Å²) in [5.74, 6) is 0.774. The van der Waals surface area contributed by atoms with E-state index in [4.69, 9.17) is 9.47 Å². The molecule has 3 rings (SSSR count). The monoisotopic (exact) mass is 326 g/mol. The van der Waals surface area contributed by atoms with Gasteiger partial charge in [0.2, 0.25) is 12.0 Å². The van der Waals surface area contributed by atoms with Crippen molar-refractivity contribution in [1.29, 1.82) is 0 Å². The molecule has 2 N–H and O–H groups in total. The zero-order valence-corrected chi connectivity index (χ0v) is 13.5. The average Bonchev–Trinajstić information content (AvgIpc) is 2.56. The van der Waals surface area contributed by atoms with Crippen molar-refractivity contribution in [3.05, 3.63) is 48.0 Å². The predicted molar refractivity (Wildman–Crippen MR) is 90.5 cm³/mol. The Balaban J connectivity index is 1.67. The minimum absolute atomic E-state index is 0.138. The summed E-state index contributed by atoms with van der Waals surface area (Å²) >= 11 is 0. The molecule has 2 aromatic carbocycles. The van der Waals surface area contributed by atoms with Gasteiger partial charge in [-0.1, -0.05) is 12.1 Å². The first-order valence-electron chi connectivity index (χ1n) is 7.60. The number of fused-ring (bicyclic) bond motifs is 1. The fourth-order valence-corrected chi connectivity index (χ4v) is 2.44. The Bertz CT molecular complexity index is 788. The van der Waals surface area contributed by atoms with Gasteiger partial charge in [-0.3, -0.25) is 9.59 Å². The normalized spacial score (nSPS) is 15.5. The quantitative estimate of drug-likeness (QED) is 0.909. The van der Waals surface area contributed by atoms with Crippen molar-refractivity contribution in [1.82, 2.24) is 0 Å². The van der Waals surface area contributed by atoms with Crippen LogP contribution in [-0.2, 0) is 9.59 Å². The molecule has 0 aromatic heterocycles. The highest BCUT2D eigenvalue weighted by Crippen LogP contribution is 2.31. The van der Waals surface area contributed by atoms with Crippen molar-refractivity contribution < 1.29 is 19.1 Å². The van der Waals surface area contributed by atoms with E-state index in [2.05, 4.69) is 10.6 Å². The second-order valence-corrected chi connectivity index (χ2v) is 5.56. The summed E-state index contributed by atoms with van der Waals surface area (Å²) in [7, 11) is 0. The van der Waals surface area contributed by atoms with Crippen LogP contribution in [0.4, 0.5) is 11.4 Å². The van der Waals surface area contributed by atoms with Crippen LogP contribution < -0.4 is 20.1 Å². The number of aryl methyl sites for hydroxylation is 1. The van der Waals surface area contributed by atoms with E-state index in [0.29, 0.717) is 22.9 Å². The molecule has 0 unspecified atom stereocenters. The van der Waals surface area contributed by atoms with Gasteiger partial charge in [0.25, 0.3) is 5.91 Å². The molecule has 0 saturated carbocycles. The Kier molecular flexibility index (Phi) is 4.37. The van der Waals surface area contributed by atoms with E-state index >= 15 is 0 Å². The third kappa shape index (κ3) is 3.48. The van der Waals surface area contributed by atoms with Crippen LogP contribution in [0.3, 0.4) is 0 Å². The van der Waals surface area contributed by atoms with E-state index in [1.165, 1.54) is 6.92 Å². The van der Waals surface area contributed by atoms with E-state index in [9.17, 15) is 9.59 Å². The standard InChI is InChI=1S/C18H18N2O4/c1-11-9-13(7-8-14(11)19-12(2)21)20-18(22)17-10-23-15-5-3-4-6-16(15)24-17/h3-9,17H,10H2,1-2H3,(H,19,21)(H,20,22)/t17-/m1/s1. The number of carbonyl (C=O) groups excluding carboxylic acids is 2. The van der Waals surface area contributed by atoms with Gasteiger partial charge >= 0.3 is 0 Å². The number of benzene rings is 2. The molecule has 1 heterocycles. The molecule has 2 amide bonds. The first kappa shape index (κ1) is 15.9. The van der Waals surface area contributed by atoms with Gasteiger partial charge in [-0.2, -0.15) is 0 Å². The number of nitrogens with one attached hydrogen (secondary N) is 2. The summed E-state index contributed by atoms with van der Waals surface area (Å²) in [5.41, 5.74) is 2.20. The van der Waals surface area contributed by atoms with Gasteiger partial charge in [-0.25, -0.2) is 0 Å². The fraction of sp³-hybridized carbons (Fsp3) is 0.222. The average molecular weight is 326 g/mol. The van der Waals surface area contributed by atoms with Gasteiger partial charge in [0.1, 0.15) is 6.61 Å². The third-order valence-corrected chi connectivity index (χ3v) is 3.61. The minimum atomic E-state index is -0.713. The van der Waals surface area contributed by atoms with E-state index in [-0.39, 0.29) is 18.4 Å². The van der Waals surface area contributed by atoms with Crippen LogP contribution in [0.1, 0.15) is 12.5 Å². The Morgan fingerprint density at radius 1 is 1.08 bits per heavy atom. The highest BCUT2D eigenvalue weighted by Gasteiger charge is 2.27. The Labute approximate surface area is 139 Å². The summed E-state index contributed by atoms with van der Waals surface area (Å²) in [4.78, 5) is 23.5. The molecule has 2 aromatic rings. The number of rotatable bonds is 3. The first-order valence-corrected chi connectivity index (χ1v) is 7.60. The topological polar surface area (TPSA) is 76.7 Å². The molecule has 124 valence electrons. The van der Waals surface area contributed by atoms with Gasteiger partial charge in [0.15, 0.2) is 11.5 Å². The third-order valence-electron chi connectivity index (χ3n) is 3.61. The highest BCUT2D eigenvalue weighted by molar-refractivity contribution is 5.95. The largest absolute Gasteiger partial charge is 0.485 e. The number of hydrogen-bond donors (Lipinski definition) is 2. The summed E-state index contributed by atoms with van der Waals surface area (Å²) in [6.45, 7) is 3.47. The van der Waals surface area contributed by atoms with Crippen molar-refractivity contribution in [3.63, 3.8) is 0 Å². The molecule has 1 aliphatic rings.